The number of hydrogen-bond acceptors (Lipinski definition) is 2. The van der Waals surface area contributed by atoms with Gasteiger partial charge in [0.25, 0.3) is 0 Å². The number of aromatic nitrogens is 1. The van der Waals surface area contributed by atoms with E-state index in [0.717, 1.165) is 12.1 Å². The minimum Gasteiger partial charge on any atom is -0.392 e. The Morgan fingerprint density at radius 1 is 1.21 bits per heavy atom. The van der Waals surface area contributed by atoms with E-state index in [2.05, 4.69) is 25.8 Å². The smallest absolute Gasteiger partial charge is 0.0677 e. The van der Waals surface area contributed by atoms with Crippen LogP contribution in [0.2, 0.25) is 0 Å². The van der Waals surface area contributed by atoms with Crippen molar-refractivity contribution in [3.05, 3.63) is 30.1 Å². The monoisotopic (exact) mass is 261 g/mol. The summed E-state index contributed by atoms with van der Waals surface area (Å²) in [6, 6.07) is 5.98. The number of aliphatic hydroxyl groups excluding tert-OH is 1. The highest BCUT2D eigenvalue weighted by Gasteiger charge is 2.43. The zero-order valence-electron chi connectivity index (χ0n) is 12.5. The Morgan fingerprint density at radius 2 is 1.89 bits per heavy atom. The topological polar surface area (TPSA) is 33.1 Å². The normalized spacial score (nSPS) is 21.5. The van der Waals surface area contributed by atoms with Crippen molar-refractivity contribution in [1.29, 1.82) is 0 Å². The van der Waals surface area contributed by atoms with E-state index in [-0.39, 0.29) is 17.4 Å². The highest BCUT2D eigenvalue weighted by atomic mass is 16.3. The van der Waals surface area contributed by atoms with Crippen LogP contribution in [-0.2, 0) is 0 Å². The summed E-state index contributed by atoms with van der Waals surface area (Å²) >= 11 is 0. The van der Waals surface area contributed by atoms with Gasteiger partial charge in [-0.25, -0.2) is 0 Å². The van der Waals surface area contributed by atoms with Crippen molar-refractivity contribution in [2.75, 3.05) is 0 Å². The Balaban J connectivity index is 2.17. The molecule has 106 valence electrons. The maximum atomic E-state index is 10.9. The fourth-order valence-corrected chi connectivity index (χ4v) is 3.85. The summed E-state index contributed by atoms with van der Waals surface area (Å²) in [4.78, 5) is 4.42. The van der Waals surface area contributed by atoms with Gasteiger partial charge in [-0.2, -0.15) is 0 Å². The van der Waals surface area contributed by atoms with Gasteiger partial charge in [-0.05, 0) is 42.7 Å². The summed E-state index contributed by atoms with van der Waals surface area (Å²) in [5.41, 5.74) is 1.13. The molecule has 2 rings (SSSR count). The molecule has 0 bridgehead atoms. The summed E-state index contributed by atoms with van der Waals surface area (Å²) < 4.78 is 0. The van der Waals surface area contributed by atoms with Gasteiger partial charge in [-0.1, -0.05) is 39.7 Å². The summed E-state index contributed by atoms with van der Waals surface area (Å²) in [6.07, 6.45) is 7.55. The van der Waals surface area contributed by atoms with Crippen molar-refractivity contribution in [2.24, 2.45) is 11.3 Å². The molecule has 0 spiro atoms. The summed E-state index contributed by atoms with van der Waals surface area (Å²) in [5.74, 6) is 0.765. The lowest BCUT2D eigenvalue weighted by Crippen LogP contribution is -2.38. The van der Waals surface area contributed by atoms with Crippen LogP contribution in [0.3, 0.4) is 0 Å². The molecule has 0 aliphatic heterocycles. The minimum atomic E-state index is -0.271. The molecule has 0 saturated heterocycles. The molecule has 2 atom stereocenters. The molecule has 1 fully saturated rings. The van der Waals surface area contributed by atoms with Gasteiger partial charge >= 0.3 is 0 Å². The Bertz CT molecular complexity index is 382. The van der Waals surface area contributed by atoms with Crippen LogP contribution in [0.4, 0.5) is 0 Å². The largest absolute Gasteiger partial charge is 0.392 e. The number of pyridine rings is 1. The van der Waals surface area contributed by atoms with Crippen molar-refractivity contribution < 1.29 is 5.11 Å². The van der Waals surface area contributed by atoms with Crippen molar-refractivity contribution in [2.45, 2.75) is 64.9 Å². The van der Waals surface area contributed by atoms with Crippen molar-refractivity contribution in [3.8, 4) is 0 Å². The molecule has 2 nitrogen and oxygen atoms in total. The van der Waals surface area contributed by atoms with Crippen LogP contribution in [0.5, 0.6) is 0 Å². The van der Waals surface area contributed by atoms with Gasteiger partial charge < -0.3 is 5.11 Å². The first-order valence-electron chi connectivity index (χ1n) is 7.64. The number of hydrogen-bond donors (Lipinski definition) is 1. The lowest BCUT2D eigenvalue weighted by molar-refractivity contribution is -0.00382. The molecule has 19 heavy (non-hydrogen) atoms. The fraction of sp³-hybridized carbons (Fsp3) is 0.706. The van der Waals surface area contributed by atoms with Crippen LogP contribution in [0.25, 0.3) is 0 Å². The van der Waals surface area contributed by atoms with Gasteiger partial charge in [0.05, 0.1) is 6.10 Å². The van der Waals surface area contributed by atoms with E-state index < -0.39 is 0 Å². The van der Waals surface area contributed by atoms with Gasteiger partial charge in [-0.3, -0.25) is 4.98 Å². The number of rotatable bonds is 5. The van der Waals surface area contributed by atoms with E-state index in [1.54, 1.807) is 0 Å². The zero-order valence-corrected chi connectivity index (χ0v) is 12.5. The molecule has 2 heteroatoms. The summed E-state index contributed by atoms with van der Waals surface area (Å²) in [6.45, 7) is 6.64. The molecule has 1 aliphatic rings. The van der Waals surface area contributed by atoms with Crippen molar-refractivity contribution in [1.82, 2.24) is 4.98 Å². The Hall–Kier alpha value is -0.890. The molecule has 1 aromatic heterocycles. The number of nitrogens with zero attached hydrogens (tertiary/aromatic N) is 1. The molecule has 1 aromatic rings. The molecule has 0 radical (unpaired) electrons. The minimum absolute atomic E-state index is 0.116. The van der Waals surface area contributed by atoms with Crippen LogP contribution in [0.1, 0.15) is 64.5 Å². The van der Waals surface area contributed by atoms with Gasteiger partial charge in [0.1, 0.15) is 0 Å². The third-order valence-electron chi connectivity index (χ3n) is 4.67. The summed E-state index contributed by atoms with van der Waals surface area (Å²) in [7, 11) is 0. The molecule has 1 heterocycles. The van der Waals surface area contributed by atoms with Crippen LogP contribution in [0, 0.1) is 11.3 Å². The second-order valence-electron chi connectivity index (χ2n) is 6.66. The molecule has 1 saturated carbocycles. The SMILES string of the molecule is CC(C)CC1(C(O)C(C)c2ccccn2)CCCC1. The van der Waals surface area contributed by atoms with E-state index in [1.165, 1.54) is 25.7 Å². The van der Waals surface area contributed by atoms with E-state index in [1.807, 2.05) is 24.4 Å². The predicted molar refractivity (Wildman–Crippen MR) is 79.0 cm³/mol. The predicted octanol–water partition coefficient (Wildman–Crippen LogP) is 4.15. The third kappa shape index (κ3) is 3.17. The van der Waals surface area contributed by atoms with Gasteiger partial charge in [0.2, 0.25) is 0 Å². The highest BCUT2D eigenvalue weighted by Crippen LogP contribution is 2.49. The average Bonchev–Trinajstić information content (AvgIpc) is 2.87. The van der Waals surface area contributed by atoms with Crippen LogP contribution in [0.15, 0.2) is 24.4 Å². The Kier molecular flexibility index (Phi) is 4.62. The quantitative estimate of drug-likeness (QED) is 0.863. The highest BCUT2D eigenvalue weighted by molar-refractivity contribution is 5.12. The van der Waals surface area contributed by atoms with Crippen LogP contribution < -0.4 is 0 Å². The lowest BCUT2D eigenvalue weighted by Gasteiger charge is -2.39. The van der Waals surface area contributed by atoms with Gasteiger partial charge in [0.15, 0.2) is 0 Å². The number of aliphatic hydroxyl groups is 1. The van der Waals surface area contributed by atoms with Crippen molar-refractivity contribution in [3.63, 3.8) is 0 Å². The Labute approximate surface area is 117 Å². The zero-order chi connectivity index (χ0) is 13.9. The first kappa shape index (κ1) is 14.5. The first-order valence-corrected chi connectivity index (χ1v) is 7.64. The Morgan fingerprint density at radius 3 is 2.42 bits per heavy atom. The fourth-order valence-electron chi connectivity index (χ4n) is 3.85. The van der Waals surface area contributed by atoms with E-state index >= 15 is 0 Å². The molecule has 1 aliphatic carbocycles. The first-order chi connectivity index (χ1) is 9.05. The second kappa shape index (κ2) is 6.04. The maximum Gasteiger partial charge on any atom is 0.0677 e. The lowest BCUT2D eigenvalue weighted by atomic mass is 9.70. The van der Waals surface area contributed by atoms with Crippen LogP contribution >= 0.6 is 0 Å². The average molecular weight is 261 g/mol. The molecule has 0 amide bonds. The molecule has 0 aromatic carbocycles. The van der Waals surface area contributed by atoms with Gasteiger partial charge in [-0.15, -0.1) is 0 Å². The molecule has 2 unspecified atom stereocenters. The van der Waals surface area contributed by atoms with Gasteiger partial charge in [0, 0.05) is 17.8 Å². The summed E-state index contributed by atoms with van der Waals surface area (Å²) in [5, 5.41) is 10.9. The molecular weight excluding hydrogens is 234 g/mol. The molecular formula is C17H27NO. The standard InChI is InChI=1S/C17H27NO/c1-13(2)12-17(9-5-6-10-17)16(19)14(3)15-8-4-7-11-18-15/h4,7-8,11,13-14,16,19H,5-6,9-10,12H2,1-3H3. The molecule has 1 N–H and O–H groups in total. The van der Waals surface area contributed by atoms with Crippen molar-refractivity contribution >= 4 is 0 Å². The van der Waals surface area contributed by atoms with E-state index in [4.69, 9.17) is 0 Å². The van der Waals surface area contributed by atoms with Crippen LogP contribution in [-0.4, -0.2) is 16.2 Å². The third-order valence-corrected chi connectivity index (χ3v) is 4.67. The van der Waals surface area contributed by atoms with E-state index in [0.29, 0.717) is 5.92 Å². The van der Waals surface area contributed by atoms with E-state index in [9.17, 15) is 5.11 Å². The second-order valence-corrected chi connectivity index (χ2v) is 6.66. The maximum absolute atomic E-state index is 10.9.